The van der Waals surface area contributed by atoms with Gasteiger partial charge in [0.1, 0.15) is 0 Å². The first kappa shape index (κ1) is 25.7. The van der Waals surface area contributed by atoms with Crippen LogP contribution >= 0.6 is 0 Å². The third-order valence-electron chi connectivity index (χ3n) is 8.13. The molecule has 2 heterocycles. The van der Waals surface area contributed by atoms with Gasteiger partial charge in [0.15, 0.2) is 11.6 Å². The van der Waals surface area contributed by atoms with Crippen molar-refractivity contribution in [3.8, 4) is 56.2 Å². The molecule has 0 aliphatic rings. The number of nitrogens with zero attached hydrogens (tertiary/aromatic N) is 4. The third kappa shape index (κ3) is 4.59. The van der Waals surface area contributed by atoms with E-state index in [-0.39, 0.29) is 0 Å². The number of hydrogen-bond donors (Lipinski definition) is 0. The van der Waals surface area contributed by atoms with Gasteiger partial charge in [0.05, 0.1) is 0 Å². The Balaban J connectivity index is 1.38. The minimum absolute atomic E-state index is 0.722. The summed E-state index contributed by atoms with van der Waals surface area (Å²) in [6.45, 7) is 0. The number of fused-ring (bicyclic) bond motifs is 2. The van der Waals surface area contributed by atoms with Crippen molar-refractivity contribution in [1.82, 2.24) is 19.9 Å². The van der Waals surface area contributed by atoms with Crippen molar-refractivity contribution in [2.75, 3.05) is 0 Å². The van der Waals surface area contributed by atoms with E-state index in [1.54, 1.807) is 24.8 Å². The molecule has 0 aliphatic carbocycles. The Morgan fingerprint density at radius 2 is 0.682 bits per heavy atom. The summed E-state index contributed by atoms with van der Waals surface area (Å²) < 4.78 is 0. The quantitative estimate of drug-likeness (QED) is 0.196. The van der Waals surface area contributed by atoms with Crippen molar-refractivity contribution < 1.29 is 0 Å². The SMILES string of the molecule is c1ccc(-c2ccc3c(-c4ccc(-c5ncccn5)cc4)c4ccccc4c(-c4ccc(-c5ncccn5)cc4)c3c2)cc1. The van der Waals surface area contributed by atoms with Crippen molar-refractivity contribution in [3.05, 3.63) is 158 Å². The van der Waals surface area contributed by atoms with Crippen LogP contribution in [0.15, 0.2) is 158 Å². The van der Waals surface area contributed by atoms with Crippen molar-refractivity contribution in [2.45, 2.75) is 0 Å². The number of hydrogen-bond acceptors (Lipinski definition) is 4. The summed E-state index contributed by atoms with van der Waals surface area (Å²) in [5, 5.41) is 4.83. The number of aromatic nitrogens is 4. The average Bonchev–Trinajstić information content (AvgIpc) is 3.12. The molecule has 0 saturated heterocycles. The van der Waals surface area contributed by atoms with E-state index < -0.39 is 0 Å². The molecule has 0 radical (unpaired) electrons. The standard InChI is InChI=1S/C40H26N4/c1-2-8-27(9-3-1)32-20-21-35-36(26-32)38(29-14-18-31(19-15-29)40-43-24-7-25-44-40)34-11-5-4-10-33(34)37(35)28-12-16-30(17-13-28)39-41-22-6-23-42-39/h1-26H. The lowest BCUT2D eigenvalue weighted by Gasteiger charge is -2.19. The largest absolute Gasteiger partial charge is 0.237 e. The molecule has 206 valence electrons. The molecule has 6 aromatic carbocycles. The molecule has 0 saturated carbocycles. The Hall–Kier alpha value is -6.00. The van der Waals surface area contributed by atoms with Gasteiger partial charge in [0.25, 0.3) is 0 Å². The third-order valence-corrected chi connectivity index (χ3v) is 8.13. The van der Waals surface area contributed by atoms with Crippen LogP contribution in [0.5, 0.6) is 0 Å². The van der Waals surface area contributed by atoms with E-state index in [1.165, 1.54) is 43.8 Å². The Labute approximate surface area is 255 Å². The van der Waals surface area contributed by atoms with E-state index in [9.17, 15) is 0 Å². The second kappa shape index (κ2) is 11.0. The van der Waals surface area contributed by atoms with Gasteiger partial charge in [0, 0.05) is 35.9 Å². The van der Waals surface area contributed by atoms with Crippen molar-refractivity contribution >= 4 is 21.5 Å². The topological polar surface area (TPSA) is 51.6 Å². The van der Waals surface area contributed by atoms with Crippen LogP contribution in [-0.2, 0) is 0 Å². The molecule has 0 spiro atoms. The van der Waals surface area contributed by atoms with Gasteiger partial charge in [0.2, 0.25) is 0 Å². The second-order valence-corrected chi connectivity index (χ2v) is 10.7. The zero-order valence-corrected chi connectivity index (χ0v) is 23.8. The maximum absolute atomic E-state index is 4.45. The van der Waals surface area contributed by atoms with Crippen molar-refractivity contribution in [1.29, 1.82) is 0 Å². The highest BCUT2D eigenvalue weighted by atomic mass is 14.9. The summed E-state index contributed by atoms with van der Waals surface area (Å²) in [7, 11) is 0. The van der Waals surface area contributed by atoms with Gasteiger partial charge < -0.3 is 0 Å². The summed E-state index contributed by atoms with van der Waals surface area (Å²) in [5.74, 6) is 1.45. The lowest BCUT2D eigenvalue weighted by molar-refractivity contribution is 1.18. The highest BCUT2D eigenvalue weighted by Gasteiger charge is 2.18. The fourth-order valence-corrected chi connectivity index (χ4v) is 6.08. The second-order valence-electron chi connectivity index (χ2n) is 10.7. The lowest BCUT2D eigenvalue weighted by atomic mass is 9.84. The van der Waals surface area contributed by atoms with Crippen LogP contribution in [0.3, 0.4) is 0 Å². The normalized spacial score (nSPS) is 11.2. The van der Waals surface area contributed by atoms with Crippen LogP contribution in [0.1, 0.15) is 0 Å². The van der Waals surface area contributed by atoms with E-state index in [0.29, 0.717) is 0 Å². The van der Waals surface area contributed by atoms with Gasteiger partial charge in [-0.25, -0.2) is 19.9 Å². The Kier molecular flexibility index (Phi) is 6.43. The molecule has 0 amide bonds. The summed E-state index contributed by atoms with van der Waals surface area (Å²) >= 11 is 0. The maximum atomic E-state index is 4.45. The summed E-state index contributed by atoms with van der Waals surface area (Å²) in [4.78, 5) is 17.8. The molecular weight excluding hydrogens is 536 g/mol. The van der Waals surface area contributed by atoms with E-state index in [1.807, 2.05) is 12.1 Å². The van der Waals surface area contributed by atoms with Crippen molar-refractivity contribution in [2.24, 2.45) is 0 Å². The smallest absolute Gasteiger partial charge is 0.159 e. The van der Waals surface area contributed by atoms with Crippen LogP contribution in [0, 0.1) is 0 Å². The van der Waals surface area contributed by atoms with Crippen LogP contribution in [0.2, 0.25) is 0 Å². The predicted octanol–water partition coefficient (Wildman–Crippen LogP) is 9.91. The summed E-state index contributed by atoms with van der Waals surface area (Å²) in [6, 6.07) is 47.1. The zero-order valence-electron chi connectivity index (χ0n) is 23.8. The highest BCUT2D eigenvalue weighted by Crippen LogP contribution is 2.45. The van der Waals surface area contributed by atoms with Gasteiger partial charge in [-0.3, -0.25) is 0 Å². The van der Waals surface area contributed by atoms with Crippen molar-refractivity contribution in [3.63, 3.8) is 0 Å². The Morgan fingerprint density at radius 3 is 1.20 bits per heavy atom. The maximum Gasteiger partial charge on any atom is 0.159 e. The van der Waals surface area contributed by atoms with E-state index >= 15 is 0 Å². The highest BCUT2D eigenvalue weighted by molar-refractivity contribution is 6.22. The van der Waals surface area contributed by atoms with Crippen LogP contribution in [-0.4, -0.2) is 19.9 Å². The predicted molar refractivity (Wildman–Crippen MR) is 180 cm³/mol. The molecule has 0 unspecified atom stereocenters. The lowest BCUT2D eigenvalue weighted by Crippen LogP contribution is -1.93. The first-order chi connectivity index (χ1) is 21.8. The Bertz CT molecular complexity index is 2230. The van der Waals surface area contributed by atoms with Gasteiger partial charge in [-0.1, -0.05) is 115 Å². The fraction of sp³-hybridized carbons (Fsp3) is 0. The Morgan fingerprint density at radius 1 is 0.273 bits per heavy atom. The average molecular weight is 563 g/mol. The molecule has 44 heavy (non-hydrogen) atoms. The van der Waals surface area contributed by atoms with Gasteiger partial charge in [-0.15, -0.1) is 0 Å². The van der Waals surface area contributed by atoms with Crippen LogP contribution in [0.4, 0.5) is 0 Å². The fourth-order valence-electron chi connectivity index (χ4n) is 6.08. The summed E-state index contributed by atoms with van der Waals surface area (Å²) in [5.41, 5.74) is 9.10. The molecule has 0 fully saturated rings. The number of rotatable bonds is 5. The van der Waals surface area contributed by atoms with Crippen LogP contribution < -0.4 is 0 Å². The van der Waals surface area contributed by atoms with E-state index in [4.69, 9.17) is 0 Å². The van der Waals surface area contributed by atoms with E-state index in [2.05, 4.69) is 141 Å². The molecule has 0 bridgehead atoms. The monoisotopic (exact) mass is 562 g/mol. The molecule has 8 rings (SSSR count). The molecule has 0 N–H and O–H groups in total. The molecule has 0 atom stereocenters. The van der Waals surface area contributed by atoms with Gasteiger partial charge >= 0.3 is 0 Å². The van der Waals surface area contributed by atoms with Crippen LogP contribution in [0.25, 0.3) is 77.7 Å². The van der Waals surface area contributed by atoms with Gasteiger partial charge in [-0.05, 0) is 73.1 Å². The first-order valence-corrected chi connectivity index (χ1v) is 14.6. The minimum atomic E-state index is 0.722. The molecule has 8 aromatic rings. The molecule has 4 heteroatoms. The van der Waals surface area contributed by atoms with Gasteiger partial charge in [-0.2, -0.15) is 0 Å². The molecular formula is C40H26N4. The number of benzene rings is 6. The van der Waals surface area contributed by atoms with E-state index in [0.717, 1.165) is 33.9 Å². The molecule has 0 aliphatic heterocycles. The molecule has 2 aromatic heterocycles. The zero-order chi connectivity index (χ0) is 29.3. The summed E-state index contributed by atoms with van der Waals surface area (Å²) in [6.07, 6.45) is 7.11. The first-order valence-electron chi connectivity index (χ1n) is 14.6. The molecule has 4 nitrogen and oxygen atoms in total. The minimum Gasteiger partial charge on any atom is -0.237 e.